The van der Waals surface area contributed by atoms with Gasteiger partial charge in [-0.05, 0) is 36.6 Å². The molecular weight excluding hydrogens is 402 g/mol. The topological polar surface area (TPSA) is 70.6 Å². The van der Waals surface area contributed by atoms with Gasteiger partial charge in [0.2, 0.25) is 0 Å². The molecule has 1 N–H and O–H groups in total. The number of rotatable bonds is 7. The van der Waals surface area contributed by atoms with E-state index in [0.717, 1.165) is 54.9 Å². The Kier molecular flexibility index (Phi) is 6.73. The number of piperazine rings is 1. The number of carbonyl (C=O) groups is 1. The zero-order valence-corrected chi connectivity index (χ0v) is 19.0. The summed E-state index contributed by atoms with van der Waals surface area (Å²) in [5, 5.41) is 13.6. The lowest BCUT2D eigenvalue weighted by molar-refractivity contribution is 0.0948. The maximum Gasteiger partial charge on any atom is 0.272 e. The molecule has 1 aliphatic rings. The predicted molar refractivity (Wildman–Crippen MR) is 129 cm³/mol. The summed E-state index contributed by atoms with van der Waals surface area (Å²) in [7, 11) is 1.68. The van der Waals surface area contributed by atoms with E-state index in [4.69, 9.17) is 4.74 Å². The molecule has 1 amide bonds. The van der Waals surface area contributed by atoms with Crippen molar-refractivity contribution in [3.63, 3.8) is 0 Å². The van der Waals surface area contributed by atoms with Gasteiger partial charge in [-0.25, -0.2) is 0 Å². The van der Waals surface area contributed by atoms with Crippen LogP contribution in [0.2, 0.25) is 0 Å². The third-order valence-electron chi connectivity index (χ3n) is 5.91. The first-order chi connectivity index (χ1) is 15.6. The Morgan fingerprint density at radius 2 is 1.62 bits per heavy atom. The highest BCUT2D eigenvalue weighted by atomic mass is 16.5. The quantitative estimate of drug-likeness (QED) is 0.612. The number of aromatic nitrogens is 2. The number of benzene rings is 2. The van der Waals surface area contributed by atoms with Gasteiger partial charge in [0.05, 0.1) is 7.11 Å². The van der Waals surface area contributed by atoms with Crippen molar-refractivity contribution in [3.8, 4) is 5.75 Å². The lowest BCUT2D eigenvalue weighted by Gasteiger charge is -2.37. The average Bonchev–Trinajstić information content (AvgIpc) is 2.83. The highest BCUT2D eigenvalue weighted by molar-refractivity contribution is 6.07. The Balaban J connectivity index is 1.49. The molecule has 3 aromatic rings. The van der Waals surface area contributed by atoms with E-state index in [2.05, 4.69) is 51.3 Å². The molecular formula is C25H31N5O2. The number of nitrogens with one attached hydrogen (secondary N) is 1. The Morgan fingerprint density at radius 3 is 2.28 bits per heavy atom. The summed E-state index contributed by atoms with van der Waals surface area (Å²) in [4.78, 5) is 17.4. The molecule has 7 nitrogen and oxygen atoms in total. The Hall–Kier alpha value is -3.35. The molecule has 0 radical (unpaired) electrons. The van der Waals surface area contributed by atoms with E-state index in [1.54, 1.807) is 7.11 Å². The van der Waals surface area contributed by atoms with E-state index in [-0.39, 0.29) is 5.91 Å². The van der Waals surface area contributed by atoms with Crippen molar-refractivity contribution < 1.29 is 9.53 Å². The van der Waals surface area contributed by atoms with Crippen LogP contribution in [0.1, 0.15) is 30.8 Å². The summed E-state index contributed by atoms with van der Waals surface area (Å²) < 4.78 is 5.26. The molecule has 0 spiro atoms. The van der Waals surface area contributed by atoms with Crippen molar-refractivity contribution in [1.82, 2.24) is 15.5 Å². The van der Waals surface area contributed by atoms with E-state index in [1.165, 1.54) is 5.69 Å². The summed E-state index contributed by atoms with van der Waals surface area (Å²) in [6.07, 6.45) is 0.938. The number of hydrogen-bond acceptors (Lipinski definition) is 6. The van der Waals surface area contributed by atoms with Gasteiger partial charge in [0.25, 0.3) is 5.91 Å². The smallest absolute Gasteiger partial charge is 0.272 e. The molecule has 0 bridgehead atoms. The van der Waals surface area contributed by atoms with E-state index < -0.39 is 0 Å². The fraction of sp³-hybridized carbons (Fsp3) is 0.400. The second kappa shape index (κ2) is 9.85. The standard InChI is InChI=1S/C25H31N5O2/c1-18(2)12-13-26-25(31)23-21-6-4-5-7-22(21)24(28-27-23)30-16-14-29(15-17-30)19-8-10-20(32-3)11-9-19/h4-11,18H,12-17H2,1-3H3,(H,26,31). The van der Waals surface area contributed by atoms with Crippen LogP contribution in [-0.2, 0) is 0 Å². The van der Waals surface area contributed by atoms with E-state index >= 15 is 0 Å². The summed E-state index contributed by atoms with van der Waals surface area (Å²) >= 11 is 0. The van der Waals surface area contributed by atoms with E-state index in [1.807, 2.05) is 36.4 Å². The number of amides is 1. The first kappa shape index (κ1) is 21.9. The molecule has 168 valence electrons. The summed E-state index contributed by atoms with van der Waals surface area (Å²) in [6.45, 7) is 8.38. The fourth-order valence-corrected chi connectivity index (χ4v) is 4.02. The molecule has 2 heterocycles. The van der Waals surface area contributed by atoms with Gasteiger partial charge in [0.15, 0.2) is 11.5 Å². The third-order valence-corrected chi connectivity index (χ3v) is 5.91. The Morgan fingerprint density at radius 1 is 0.969 bits per heavy atom. The number of fused-ring (bicyclic) bond motifs is 1. The molecule has 7 heteroatoms. The molecule has 1 saturated heterocycles. The van der Waals surface area contributed by atoms with Crippen molar-refractivity contribution in [1.29, 1.82) is 0 Å². The van der Waals surface area contributed by atoms with Crippen LogP contribution in [0.15, 0.2) is 48.5 Å². The minimum Gasteiger partial charge on any atom is -0.497 e. The number of anilines is 2. The maximum absolute atomic E-state index is 12.7. The SMILES string of the molecule is COc1ccc(N2CCN(c3nnc(C(=O)NCCC(C)C)c4ccccc34)CC2)cc1. The van der Waals surface area contributed by atoms with Crippen LogP contribution < -0.4 is 19.9 Å². The van der Waals surface area contributed by atoms with Gasteiger partial charge in [-0.1, -0.05) is 38.1 Å². The molecule has 1 aromatic heterocycles. The van der Waals surface area contributed by atoms with Crippen molar-refractivity contribution in [2.45, 2.75) is 20.3 Å². The minimum absolute atomic E-state index is 0.162. The first-order valence-corrected chi connectivity index (χ1v) is 11.2. The maximum atomic E-state index is 12.7. The van der Waals surface area contributed by atoms with Crippen LogP contribution in [0, 0.1) is 5.92 Å². The molecule has 4 rings (SSSR count). The number of carbonyl (C=O) groups excluding carboxylic acids is 1. The Labute approximate surface area is 189 Å². The number of nitrogens with zero attached hydrogens (tertiary/aromatic N) is 4. The van der Waals surface area contributed by atoms with Crippen molar-refractivity contribution >= 4 is 28.2 Å². The Bertz CT molecular complexity index is 1060. The highest BCUT2D eigenvalue weighted by Gasteiger charge is 2.23. The average molecular weight is 434 g/mol. The molecule has 2 aromatic carbocycles. The minimum atomic E-state index is -0.162. The molecule has 1 aliphatic heterocycles. The van der Waals surface area contributed by atoms with Gasteiger partial charge in [-0.2, -0.15) is 0 Å². The lowest BCUT2D eigenvalue weighted by atomic mass is 10.1. The zero-order chi connectivity index (χ0) is 22.5. The lowest BCUT2D eigenvalue weighted by Crippen LogP contribution is -2.47. The van der Waals surface area contributed by atoms with Gasteiger partial charge >= 0.3 is 0 Å². The fourth-order valence-electron chi connectivity index (χ4n) is 4.02. The third kappa shape index (κ3) is 4.77. The van der Waals surface area contributed by atoms with Crippen molar-refractivity contribution in [3.05, 3.63) is 54.2 Å². The largest absolute Gasteiger partial charge is 0.497 e. The highest BCUT2D eigenvalue weighted by Crippen LogP contribution is 2.28. The van der Waals surface area contributed by atoms with Gasteiger partial charge in [0.1, 0.15) is 5.75 Å². The molecule has 32 heavy (non-hydrogen) atoms. The molecule has 0 atom stereocenters. The molecule has 0 unspecified atom stereocenters. The number of ether oxygens (including phenoxy) is 1. The van der Waals surface area contributed by atoms with Crippen LogP contribution in [0.4, 0.5) is 11.5 Å². The normalized spacial score (nSPS) is 14.1. The zero-order valence-electron chi connectivity index (χ0n) is 19.0. The van der Waals surface area contributed by atoms with Crippen LogP contribution in [-0.4, -0.2) is 55.9 Å². The first-order valence-electron chi connectivity index (χ1n) is 11.2. The summed E-state index contributed by atoms with van der Waals surface area (Å²) in [5.41, 5.74) is 1.58. The monoisotopic (exact) mass is 433 g/mol. The van der Waals surface area contributed by atoms with Crippen LogP contribution >= 0.6 is 0 Å². The second-order valence-corrected chi connectivity index (χ2v) is 8.53. The predicted octanol–water partition coefficient (Wildman–Crippen LogP) is 3.74. The van der Waals surface area contributed by atoms with Crippen LogP contribution in [0.5, 0.6) is 5.75 Å². The summed E-state index contributed by atoms with van der Waals surface area (Å²) in [5.74, 6) is 2.08. The molecule has 0 aliphatic carbocycles. The van der Waals surface area contributed by atoms with E-state index in [9.17, 15) is 4.79 Å². The van der Waals surface area contributed by atoms with Gasteiger partial charge in [0, 0.05) is 49.2 Å². The second-order valence-electron chi connectivity index (χ2n) is 8.53. The van der Waals surface area contributed by atoms with Gasteiger partial charge in [-0.15, -0.1) is 10.2 Å². The van der Waals surface area contributed by atoms with Crippen LogP contribution in [0.25, 0.3) is 10.8 Å². The molecule has 0 saturated carbocycles. The van der Waals surface area contributed by atoms with Crippen LogP contribution in [0.3, 0.4) is 0 Å². The number of methoxy groups -OCH3 is 1. The van der Waals surface area contributed by atoms with Crippen molar-refractivity contribution in [2.24, 2.45) is 5.92 Å². The molecule has 1 fully saturated rings. The summed E-state index contributed by atoms with van der Waals surface area (Å²) in [6, 6.07) is 16.1. The van der Waals surface area contributed by atoms with Gasteiger partial charge < -0.3 is 19.9 Å². The van der Waals surface area contributed by atoms with E-state index in [0.29, 0.717) is 18.2 Å². The van der Waals surface area contributed by atoms with Gasteiger partial charge in [-0.3, -0.25) is 4.79 Å². The van der Waals surface area contributed by atoms with Crippen molar-refractivity contribution in [2.75, 3.05) is 49.6 Å². The number of hydrogen-bond donors (Lipinski definition) is 1.